The summed E-state index contributed by atoms with van der Waals surface area (Å²) in [4.78, 5) is 11.8. The lowest BCUT2D eigenvalue weighted by Crippen LogP contribution is -2.35. The summed E-state index contributed by atoms with van der Waals surface area (Å²) in [6, 6.07) is 5.52. The smallest absolute Gasteiger partial charge is 0.170 e. The van der Waals surface area contributed by atoms with E-state index in [1.165, 1.54) is 41.0 Å². The maximum atomic E-state index is 12.7. The van der Waals surface area contributed by atoms with Crippen molar-refractivity contribution in [1.29, 1.82) is 5.41 Å². The van der Waals surface area contributed by atoms with E-state index in [-0.39, 0.29) is 16.8 Å². The van der Waals surface area contributed by atoms with Gasteiger partial charge in [0.05, 0.1) is 6.54 Å². The minimum atomic E-state index is -0.351. The Morgan fingerprint density at radius 1 is 1.45 bits per heavy atom. The Kier molecular flexibility index (Phi) is 6.97. The first-order chi connectivity index (χ1) is 9.54. The van der Waals surface area contributed by atoms with Crippen LogP contribution in [0.5, 0.6) is 0 Å². The van der Waals surface area contributed by atoms with Gasteiger partial charge in [0.15, 0.2) is 11.0 Å². The summed E-state index contributed by atoms with van der Waals surface area (Å²) in [6.07, 6.45) is 2.64. The predicted octanol–water partition coefficient (Wildman–Crippen LogP) is 2.82. The maximum Gasteiger partial charge on any atom is 0.170 e. The Balaban J connectivity index is 2.27. The number of carbonyl (C=O) groups is 1. The van der Waals surface area contributed by atoms with Crippen molar-refractivity contribution in [3.05, 3.63) is 48.3 Å². The normalized spacial score (nSPS) is 10.1. The van der Waals surface area contributed by atoms with Gasteiger partial charge in [-0.1, -0.05) is 17.8 Å². The Morgan fingerprint density at radius 2 is 2.10 bits per heavy atom. The van der Waals surface area contributed by atoms with Gasteiger partial charge < -0.3 is 0 Å². The SMILES string of the molecule is C=CCN(N)C(=N)SCCCC(=O)c1ccc(F)cc1. The highest BCUT2D eigenvalue weighted by Crippen LogP contribution is 2.11. The summed E-state index contributed by atoms with van der Waals surface area (Å²) in [5, 5.41) is 9.20. The van der Waals surface area contributed by atoms with Crippen LogP contribution in [0, 0.1) is 11.2 Å². The van der Waals surface area contributed by atoms with Crippen molar-refractivity contribution in [2.45, 2.75) is 12.8 Å². The van der Waals surface area contributed by atoms with Gasteiger partial charge in [0.1, 0.15) is 5.82 Å². The number of amidine groups is 1. The van der Waals surface area contributed by atoms with Crippen LogP contribution in [0.3, 0.4) is 0 Å². The lowest BCUT2D eigenvalue weighted by molar-refractivity contribution is 0.0982. The van der Waals surface area contributed by atoms with Gasteiger partial charge in [0.25, 0.3) is 0 Å². The first kappa shape index (κ1) is 16.4. The quantitative estimate of drug-likeness (QED) is 0.154. The van der Waals surface area contributed by atoms with E-state index in [4.69, 9.17) is 11.3 Å². The fraction of sp³-hybridized carbons (Fsp3) is 0.286. The Labute approximate surface area is 122 Å². The van der Waals surface area contributed by atoms with Crippen molar-refractivity contribution in [2.24, 2.45) is 5.84 Å². The zero-order valence-electron chi connectivity index (χ0n) is 11.1. The maximum absolute atomic E-state index is 12.7. The van der Waals surface area contributed by atoms with Gasteiger partial charge in [-0.25, -0.2) is 10.2 Å². The van der Waals surface area contributed by atoms with Crippen molar-refractivity contribution in [2.75, 3.05) is 12.3 Å². The summed E-state index contributed by atoms with van der Waals surface area (Å²) in [5.41, 5.74) is 0.513. The van der Waals surface area contributed by atoms with Gasteiger partial charge in [-0.15, -0.1) is 6.58 Å². The van der Waals surface area contributed by atoms with E-state index in [1.54, 1.807) is 6.08 Å². The highest BCUT2D eigenvalue weighted by atomic mass is 32.2. The molecule has 0 fully saturated rings. The van der Waals surface area contributed by atoms with Crippen molar-refractivity contribution >= 4 is 22.7 Å². The number of carbonyl (C=O) groups excluding carboxylic acids is 1. The van der Waals surface area contributed by atoms with Crippen LogP contribution in [0.1, 0.15) is 23.2 Å². The van der Waals surface area contributed by atoms with Gasteiger partial charge in [0, 0.05) is 17.7 Å². The molecule has 1 aromatic carbocycles. The molecule has 6 heteroatoms. The second-order valence-electron chi connectivity index (χ2n) is 4.13. The number of hydrogen-bond acceptors (Lipinski definition) is 4. The largest absolute Gasteiger partial charge is 0.294 e. The molecule has 1 aromatic rings. The van der Waals surface area contributed by atoms with Gasteiger partial charge in [-0.2, -0.15) is 0 Å². The number of thioether (sulfide) groups is 1. The van der Waals surface area contributed by atoms with Crippen LogP contribution in [-0.2, 0) is 0 Å². The van der Waals surface area contributed by atoms with Crippen LogP contribution in [0.25, 0.3) is 0 Å². The monoisotopic (exact) mass is 295 g/mol. The second kappa shape index (κ2) is 8.50. The number of nitrogens with zero attached hydrogens (tertiary/aromatic N) is 1. The number of nitrogens with two attached hydrogens (primary N) is 1. The first-order valence-electron chi connectivity index (χ1n) is 6.18. The Bertz CT molecular complexity index is 476. The number of halogens is 1. The van der Waals surface area contributed by atoms with Crippen LogP contribution >= 0.6 is 11.8 Å². The number of hydrazine groups is 1. The van der Waals surface area contributed by atoms with Crippen molar-refractivity contribution < 1.29 is 9.18 Å². The third-order valence-electron chi connectivity index (χ3n) is 2.54. The molecule has 1 rings (SSSR count). The number of rotatable bonds is 7. The molecule has 0 aromatic heterocycles. The average molecular weight is 295 g/mol. The summed E-state index contributed by atoms with van der Waals surface area (Å²) >= 11 is 1.29. The van der Waals surface area contributed by atoms with Crippen molar-refractivity contribution in [3.8, 4) is 0 Å². The highest BCUT2D eigenvalue weighted by Gasteiger charge is 2.07. The molecular weight excluding hydrogens is 277 g/mol. The molecule has 0 amide bonds. The average Bonchev–Trinajstić information content (AvgIpc) is 2.44. The molecule has 20 heavy (non-hydrogen) atoms. The number of benzene rings is 1. The number of hydrogen-bond donors (Lipinski definition) is 2. The van der Waals surface area contributed by atoms with Gasteiger partial charge in [-0.3, -0.25) is 15.2 Å². The molecule has 0 atom stereocenters. The van der Waals surface area contributed by atoms with E-state index in [0.717, 1.165) is 0 Å². The molecule has 0 heterocycles. The molecule has 0 bridgehead atoms. The third kappa shape index (κ3) is 5.54. The molecule has 108 valence electrons. The minimum Gasteiger partial charge on any atom is -0.294 e. The lowest BCUT2D eigenvalue weighted by atomic mass is 10.1. The molecule has 0 aliphatic heterocycles. The topological polar surface area (TPSA) is 70.2 Å². The molecule has 4 nitrogen and oxygen atoms in total. The number of ketones is 1. The van der Waals surface area contributed by atoms with E-state index < -0.39 is 0 Å². The molecule has 0 saturated heterocycles. The van der Waals surface area contributed by atoms with Gasteiger partial charge >= 0.3 is 0 Å². The molecule has 0 spiro atoms. The molecule has 3 N–H and O–H groups in total. The van der Waals surface area contributed by atoms with Gasteiger partial charge in [0.2, 0.25) is 0 Å². The van der Waals surface area contributed by atoms with Crippen LogP contribution in [-0.4, -0.2) is 28.3 Å². The summed E-state index contributed by atoms with van der Waals surface area (Å²) in [5.74, 6) is 5.85. The number of Topliss-reactive ketones (excluding diaryl/α,β-unsaturated/α-hetero) is 1. The summed E-state index contributed by atoms with van der Waals surface area (Å²) < 4.78 is 12.7. The van der Waals surface area contributed by atoms with Crippen LogP contribution in [0.4, 0.5) is 4.39 Å². The van der Waals surface area contributed by atoms with Crippen LogP contribution in [0.15, 0.2) is 36.9 Å². The first-order valence-corrected chi connectivity index (χ1v) is 7.16. The summed E-state index contributed by atoms with van der Waals surface area (Å²) in [6.45, 7) is 3.96. The highest BCUT2D eigenvalue weighted by molar-refractivity contribution is 8.13. The van der Waals surface area contributed by atoms with Crippen molar-refractivity contribution in [3.63, 3.8) is 0 Å². The predicted molar refractivity (Wildman–Crippen MR) is 81.2 cm³/mol. The van der Waals surface area contributed by atoms with Crippen LogP contribution < -0.4 is 5.84 Å². The standard InChI is InChI=1S/C14H18FN3OS/c1-2-9-18(17)14(16)20-10-3-4-13(19)11-5-7-12(15)8-6-11/h2,5-8,16H,1,3-4,9-10,17H2. The third-order valence-corrected chi connectivity index (χ3v) is 3.54. The molecule has 0 aliphatic rings. The van der Waals surface area contributed by atoms with E-state index >= 15 is 0 Å². The second-order valence-corrected chi connectivity index (χ2v) is 5.21. The molecular formula is C14H18FN3OS. The van der Waals surface area contributed by atoms with E-state index in [0.29, 0.717) is 30.7 Å². The van der Waals surface area contributed by atoms with E-state index in [1.807, 2.05) is 0 Å². The fourth-order valence-electron chi connectivity index (χ4n) is 1.49. The van der Waals surface area contributed by atoms with Gasteiger partial charge in [-0.05, 0) is 30.7 Å². The fourth-order valence-corrected chi connectivity index (χ4v) is 2.21. The molecule has 0 unspecified atom stereocenters. The number of nitrogens with one attached hydrogen (secondary N) is 1. The molecule has 0 saturated carbocycles. The summed E-state index contributed by atoms with van der Waals surface area (Å²) in [7, 11) is 0. The lowest BCUT2D eigenvalue weighted by Gasteiger charge is -2.16. The zero-order valence-corrected chi connectivity index (χ0v) is 12.0. The van der Waals surface area contributed by atoms with E-state index in [9.17, 15) is 9.18 Å². The zero-order chi connectivity index (χ0) is 15.0. The Hall–Kier alpha value is -1.66. The molecule has 0 radical (unpaired) electrons. The van der Waals surface area contributed by atoms with E-state index in [2.05, 4.69) is 6.58 Å². The van der Waals surface area contributed by atoms with Crippen molar-refractivity contribution in [1.82, 2.24) is 5.01 Å². The molecule has 0 aliphatic carbocycles. The van der Waals surface area contributed by atoms with Crippen LogP contribution in [0.2, 0.25) is 0 Å². The Morgan fingerprint density at radius 3 is 2.70 bits per heavy atom. The minimum absolute atomic E-state index is 0.0205.